The number of carboxylic acids is 1. The van der Waals surface area contributed by atoms with Crippen LogP contribution in [0.15, 0.2) is 36.2 Å². The summed E-state index contributed by atoms with van der Waals surface area (Å²) in [7, 11) is 0. The van der Waals surface area contributed by atoms with Crippen molar-refractivity contribution in [2.24, 2.45) is 0 Å². The van der Waals surface area contributed by atoms with Gasteiger partial charge in [-0.05, 0) is 44.6 Å². The third-order valence-electron chi connectivity index (χ3n) is 4.97. The third kappa shape index (κ3) is 12.1. The summed E-state index contributed by atoms with van der Waals surface area (Å²) in [5.74, 6) is -1.08. The molecule has 0 fully saturated rings. The highest BCUT2D eigenvalue weighted by Crippen LogP contribution is 2.25. The van der Waals surface area contributed by atoms with Crippen LogP contribution in [0.4, 0.5) is 0 Å². The van der Waals surface area contributed by atoms with E-state index in [1.54, 1.807) is 11.3 Å². The van der Waals surface area contributed by atoms with E-state index in [1.807, 2.05) is 0 Å². The van der Waals surface area contributed by atoms with E-state index in [9.17, 15) is 0 Å². The number of aromatic nitrogens is 2. The number of carboxylic acid groups (broad SMARTS) is 1. The van der Waals surface area contributed by atoms with E-state index in [4.69, 9.17) is 14.6 Å². The van der Waals surface area contributed by atoms with Gasteiger partial charge in [-0.2, -0.15) is 0 Å². The zero-order valence-electron chi connectivity index (χ0n) is 19.2. The highest BCUT2D eigenvalue weighted by atomic mass is 32.1. The van der Waals surface area contributed by atoms with E-state index < -0.39 is 5.97 Å². The Bertz CT molecular complexity index is 666. The number of nitrogens with zero attached hydrogens (tertiary/aromatic N) is 2. The highest BCUT2D eigenvalue weighted by molar-refractivity contribution is 7.10. The SMILES string of the molecule is CC(=O)[O-].CCCCCCCCCn1cc[n+](CC(OC(C)CC)c2cccs2)c1. The first-order valence-corrected chi connectivity index (χ1v) is 12.2. The van der Waals surface area contributed by atoms with E-state index in [1.165, 1.54) is 49.8 Å². The first-order valence-electron chi connectivity index (χ1n) is 11.4. The van der Waals surface area contributed by atoms with E-state index in [2.05, 4.69) is 66.1 Å². The van der Waals surface area contributed by atoms with Gasteiger partial charge in [0.15, 0.2) is 0 Å². The zero-order chi connectivity index (χ0) is 22.2. The van der Waals surface area contributed by atoms with Gasteiger partial charge in [-0.3, -0.25) is 0 Å². The standard InChI is InChI=1S/C22H37N2OS.C2H4O2/c1-4-6-7-8-9-10-11-14-23-15-16-24(19-23)18-21(25-20(3)5-2)22-13-12-17-26-22;1-2(3)4/h12-13,15-17,19-21H,4-11,14,18H2,1-3H3;1H3,(H,3,4)/q+1;/p-1. The fraction of sp³-hybridized carbons (Fsp3) is 0.667. The molecule has 0 aliphatic heterocycles. The Hall–Kier alpha value is -1.66. The molecule has 2 unspecified atom stereocenters. The molecule has 0 aromatic carbocycles. The number of thiophene rings is 1. The molecule has 0 aliphatic rings. The lowest BCUT2D eigenvalue weighted by Gasteiger charge is -2.19. The molecule has 0 spiro atoms. The lowest BCUT2D eigenvalue weighted by molar-refractivity contribution is -0.705. The van der Waals surface area contributed by atoms with Crippen LogP contribution in [0.5, 0.6) is 0 Å². The Kier molecular flexibility index (Phi) is 14.1. The van der Waals surface area contributed by atoms with Crippen molar-refractivity contribution in [2.45, 2.75) is 104 Å². The van der Waals surface area contributed by atoms with Gasteiger partial charge in [0.1, 0.15) is 25.0 Å². The molecular weight excluding hydrogens is 396 g/mol. The van der Waals surface area contributed by atoms with Gasteiger partial charge in [0, 0.05) is 10.8 Å². The Balaban J connectivity index is 0.00000103. The van der Waals surface area contributed by atoms with Gasteiger partial charge in [0.25, 0.3) is 0 Å². The zero-order valence-corrected chi connectivity index (χ0v) is 20.0. The Morgan fingerprint density at radius 3 is 2.47 bits per heavy atom. The molecule has 0 radical (unpaired) electrons. The maximum atomic E-state index is 8.89. The Morgan fingerprint density at radius 2 is 1.87 bits per heavy atom. The molecule has 2 rings (SSSR count). The molecule has 0 bridgehead atoms. The number of carbonyl (C=O) groups excluding carboxylic acids is 1. The summed E-state index contributed by atoms with van der Waals surface area (Å²) in [5.41, 5.74) is 0. The van der Waals surface area contributed by atoms with Gasteiger partial charge in [0.2, 0.25) is 6.33 Å². The lowest BCUT2D eigenvalue weighted by atomic mass is 10.1. The number of hydrogen-bond donors (Lipinski definition) is 0. The Morgan fingerprint density at radius 1 is 1.20 bits per heavy atom. The first-order chi connectivity index (χ1) is 14.5. The molecule has 0 amide bonds. The maximum Gasteiger partial charge on any atom is 0.243 e. The van der Waals surface area contributed by atoms with Crippen molar-refractivity contribution in [3.05, 3.63) is 41.1 Å². The van der Waals surface area contributed by atoms with Gasteiger partial charge in [-0.1, -0.05) is 52.0 Å². The summed E-state index contributed by atoms with van der Waals surface area (Å²) in [6.07, 6.45) is 17.6. The van der Waals surface area contributed by atoms with Crippen molar-refractivity contribution in [1.29, 1.82) is 0 Å². The van der Waals surface area contributed by atoms with Crippen molar-refractivity contribution in [1.82, 2.24) is 4.57 Å². The minimum absolute atomic E-state index is 0.143. The van der Waals surface area contributed by atoms with Crippen LogP contribution in [0.2, 0.25) is 0 Å². The number of carbonyl (C=O) groups is 1. The smallest absolute Gasteiger partial charge is 0.243 e. The minimum atomic E-state index is -1.08. The molecule has 2 aromatic heterocycles. The molecule has 2 aromatic rings. The summed E-state index contributed by atoms with van der Waals surface area (Å²) in [6.45, 7) is 9.60. The summed E-state index contributed by atoms with van der Waals surface area (Å²) in [5, 5.41) is 11.0. The molecule has 30 heavy (non-hydrogen) atoms. The van der Waals surface area contributed by atoms with Crippen LogP contribution in [0.1, 0.15) is 90.0 Å². The van der Waals surface area contributed by atoms with Crippen LogP contribution in [0.3, 0.4) is 0 Å². The lowest BCUT2D eigenvalue weighted by Crippen LogP contribution is -2.36. The normalized spacial score (nSPS) is 12.8. The fourth-order valence-corrected chi connectivity index (χ4v) is 3.93. The summed E-state index contributed by atoms with van der Waals surface area (Å²) >= 11 is 1.79. The van der Waals surface area contributed by atoms with Crippen molar-refractivity contribution >= 4 is 17.3 Å². The van der Waals surface area contributed by atoms with E-state index >= 15 is 0 Å². The predicted molar refractivity (Wildman–Crippen MR) is 121 cm³/mol. The topological polar surface area (TPSA) is 58.2 Å². The number of unbranched alkanes of at least 4 members (excludes halogenated alkanes) is 6. The largest absolute Gasteiger partial charge is 0.550 e. The van der Waals surface area contributed by atoms with E-state index in [-0.39, 0.29) is 12.2 Å². The second kappa shape index (κ2) is 16.1. The number of hydrogen-bond acceptors (Lipinski definition) is 4. The van der Waals surface area contributed by atoms with Crippen molar-refractivity contribution in [3.63, 3.8) is 0 Å². The van der Waals surface area contributed by atoms with E-state index in [0.717, 1.165) is 26.4 Å². The molecule has 170 valence electrons. The molecule has 6 heteroatoms. The van der Waals surface area contributed by atoms with Gasteiger partial charge in [0.05, 0.1) is 12.6 Å². The van der Waals surface area contributed by atoms with Gasteiger partial charge >= 0.3 is 0 Å². The average Bonchev–Trinajstić information content (AvgIpc) is 3.38. The maximum absolute atomic E-state index is 8.89. The van der Waals surface area contributed by atoms with Crippen molar-refractivity contribution in [2.75, 3.05) is 0 Å². The molecule has 0 saturated heterocycles. The van der Waals surface area contributed by atoms with Crippen LogP contribution in [0, 0.1) is 0 Å². The fourth-order valence-electron chi connectivity index (χ4n) is 3.17. The predicted octanol–water partition coefficient (Wildman–Crippen LogP) is 4.90. The number of ether oxygens (including phenoxy) is 1. The summed E-state index contributed by atoms with van der Waals surface area (Å²) in [6, 6.07) is 4.30. The number of rotatable bonds is 14. The first kappa shape index (κ1) is 26.4. The third-order valence-corrected chi connectivity index (χ3v) is 5.94. The van der Waals surface area contributed by atoms with Crippen molar-refractivity contribution < 1.29 is 19.2 Å². The molecule has 2 atom stereocenters. The summed E-state index contributed by atoms with van der Waals surface area (Å²) < 4.78 is 10.9. The van der Waals surface area contributed by atoms with Crippen LogP contribution in [-0.4, -0.2) is 16.6 Å². The number of aliphatic carboxylic acids is 1. The second-order valence-corrected chi connectivity index (χ2v) is 8.80. The Labute approximate surface area is 186 Å². The highest BCUT2D eigenvalue weighted by Gasteiger charge is 2.19. The molecule has 0 N–H and O–H groups in total. The second-order valence-electron chi connectivity index (χ2n) is 7.82. The van der Waals surface area contributed by atoms with Gasteiger partial charge < -0.3 is 14.6 Å². The van der Waals surface area contributed by atoms with Gasteiger partial charge in [-0.15, -0.1) is 11.3 Å². The molecule has 5 nitrogen and oxygen atoms in total. The molecule has 2 heterocycles. The van der Waals surface area contributed by atoms with Gasteiger partial charge in [-0.25, -0.2) is 9.13 Å². The minimum Gasteiger partial charge on any atom is -0.550 e. The van der Waals surface area contributed by atoms with Crippen LogP contribution in [0.25, 0.3) is 0 Å². The molecular formula is C24H40N2O3S. The number of aryl methyl sites for hydroxylation is 1. The summed E-state index contributed by atoms with van der Waals surface area (Å²) in [4.78, 5) is 10.2. The van der Waals surface area contributed by atoms with Crippen LogP contribution < -0.4 is 9.67 Å². The van der Waals surface area contributed by atoms with E-state index in [0.29, 0.717) is 0 Å². The monoisotopic (exact) mass is 436 g/mol. The molecule has 0 saturated carbocycles. The number of imidazole rings is 1. The average molecular weight is 437 g/mol. The molecule has 0 aliphatic carbocycles. The van der Waals surface area contributed by atoms with Crippen LogP contribution in [-0.2, 0) is 22.6 Å². The van der Waals surface area contributed by atoms with Crippen LogP contribution >= 0.6 is 11.3 Å². The quantitative estimate of drug-likeness (QED) is 0.313. The van der Waals surface area contributed by atoms with Crippen molar-refractivity contribution in [3.8, 4) is 0 Å².